The minimum Gasteiger partial charge on any atom is -0.481 e. The number of carboxylic acid groups (broad SMARTS) is 1. The van der Waals surface area contributed by atoms with Gasteiger partial charge >= 0.3 is 5.97 Å². The van der Waals surface area contributed by atoms with Gasteiger partial charge in [-0.1, -0.05) is 61.9 Å². The second kappa shape index (κ2) is 11.1. The summed E-state index contributed by atoms with van der Waals surface area (Å²) in [6.07, 6.45) is 5.85. The molecule has 2 aromatic carbocycles. The fourth-order valence-corrected chi connectivity index (χ4v) is 4.18. The zero-order chi connectivity index (χ0) is 21.3. The third-order valence-electron chi connectivity index (χ3n) is 4.98. The molecule has 0 saturated carbocycles. The van der Waals surface area contributed by atoms with Crippen LogP contribution in [0.3, 0.4) is 0 Å². The largest absolute Gasteiger partial charge is 0.481 e. The van der Waals surface area contributed by atoms with Gasteiger partial charge in [-0.3, -0.25) is 4.79 Å². The van der Waals surface area contributed by atoms with Gasteiger partial charge in [0.2, 0.25) is 10.0 Å². The highest BCUT2D eigenvalue weighted by Gasteiger charge is 2.17. The molecule has 158 valence electrons. The highest BCUT2D eigenvalue weighted by atomic mass is 32.2. The lowest BCUT2D eigenvalue weighted by atomic mass is 10.0. The van der Waals surface area contributed by atoms with Gasteiger partial charge in [0.05, 0.1) is 12.7 Å². The summed E-state index contributed by atoms with van der Waals surface area (Å²) in [6, 6.07) is 15.6. The monoisotopic (exact) mass is 417 g/mol. The molecule has 0 radical (unpaired) electrons. The van der Waals surface area contributed by atoms with Crippen molar-refractivity contribution < 1.29 is 18.3 Å². The van der Waals surface area contributed by atoms with Crippen LogP contribution in [0.2, 0.25) is 0 Å². The van der Waals surface area contributed by atoms with E-state index in [2.05, 4.69) is 19.1 Å². The fraction of sp³-hybridized carbons (Fsp3) is 0.435. The smallest absolute Gasteiger partial charge is 0.307 e. The molecule has 2 rings (SSSR count). The van der Waals surface area contributed by atoms with Crippen LogP contribution in [0.1, 0.15) is 48.4 Å². The summed E-state index contributed by atoms with van der Waals surface area (Å²) in [6.45, 7) is 2.92. The number of nitrogens with zero attached hydrogens (tertiary/aromatic N) is 1. The second-order valence-electron chi connectivity index (χ2n) is 7.46. The van der Waals surface area contributed by atoms with Gasteiger partial charge in [-0.15, -0.1) is 0 Å². The van der Waals surface area contributed by atoms with Crippen molar-refractivity contribution in [3.63, 3.8) is 0 Å². The van der Waals surface area contributed by atoms with Gasteiger partial charge in [-0.2, -0.15) is 4.31 Å². The first-order valence-corrected chi connectivity index (χ1v) is 12.0. The SMILES string of the molecule is CCCCc1ccc(CN(CCCc2ccccc2CC(=O)O)S(C)(=O)=O)cc1. The van der Waals surface area contributed by atoms with Crippen molar-refractivity contribution in [3.8, 4) is 0 Å². The van der Waals surface area contributed by atoms with E-state index in [9.17, 15) is 13.2 Å². The van der Waals surface area contributed by atoms with Crippen molar-refractivity contribution in [1.82, 2.24) is 4.31 Å². The predicted molar refractivity (Wildman–Crippen MR) is 116 cm³/mol. The number of benzene rings is 2. The molecule has 0 aromatic heterocycles. The van der Waals surface area contributed by atoms with E-state index in [0.29, 0.717) is 25.9 Å². The Hall–Kier alpha value is -2.18. The lowest BCUT2D eigenvalue weighted by molar-refractivity contribution is -0.136. The number of aliphatic carboxylic acids is 1. The molecule has 1 N–H and O–H groups in total. The first-order valence-electron chi connectivity index (χ1n) is 10.1. The van der Waals surface area contributed by atoms with Crippen LogP contribution in [-0.4, -0.2) is 36.6 Å². The zero-order valence-corrected chi connectivity index (χ0v) is 18.1. The molecule has 0 amide bonds. The number of hydrogen-bond acceptors (Lipinski definition) is 3. The van der Waals surface area contributed by atoms with E-state index < -0.39 is 16.0 Å². The molecule has 0 atom stereocenters. The number of rotatable bonds is 12. The van der Waals surface area contributed by atoms with E-state index in [0.717, 1.165) is 36.0 Å². The van der Waals surface area contributed by atoms with Crippen molar-refractivity contribution in [2.24, 2.45) is 0 Å². The number of carboxylic acids is 1. The number of carbonyl (C=O) groups is 1. The predicted octanol–water partition coefficient (Wildman–Crippen LogP) is 4.05. The van der Waals surface area contributed by atoms with Crippen molar-refractivity contribution >= 4 is 16.0 Å². The lowest BCUT2D eigenvalue weighted by Crippen LogP contribution is -2.30. The summed E-state index contributed by atoms with van der Waals surface area (Å²) in [5, 5.41) is 9.06. The molecule has 0 unspecified atom stereocenters. The van der Waals surface area contributed by atoms with Crippen molar-refractivity contribution in [1.29, 1.82) is 0 Å². The summed E-state index contributed by atoms with van der Waals surface area (Å²) < 4.78 is 26.0. The van der Waals surface area contributed by atoms with E-state index in [1.807, 2.05) is 36.4 Å². The standard InChI is InChI=1S/C23H31NO4S/c1-3-4-8-19-12-14-20(15-13-19)18-24(29(2,27)28)16-7-11-21-9-5-6-10-22(21)17-23(25)26/h5-6,9-10,12-15H,3-4,7-8,11,16-18H2,1-2H3,(H,25,26). The lowest BCUT2D eigenvalue weighted by Gasteiger charge is -2.20. The van der Waals surface area contributed by atoms with Crippen LogP contribution in [0.25, 0.3) is 0 Å². The summed E-state index contributed by atoms with van der Waals surface area (Å²) in [4.78, 5) is 11.0. The van der Waals surface area contributed by atoms with Gasteiger partial charge in [-0.05, 0) is 47.9 Å². The summed E-state index contributed by atoms with van der Waals surface area (Å²) in [5.41, 5.74) is 4.00. The molecule has 5 nitrogen and oxygen atoms in total. The minimum absolute atomic E-state index is 0.0175. The van der Waals surface area contributed by atoms with E-state index in [1.165, 1.54) is 16.1 Å². The van der Waals surface area contributed by atoms with Crippen LogP contribution >= 0.6 is 0 Å². The Kier molecular flexibility index (Phi) is 8.86. The van der Waals surface area contributed by atoms with E-state index in [4.69, 9.17) is 5.11 Å². The van der Waals surface area contributed by atoms with Gasteiger partial charge in [0.25, 0.3) is 0 Å². The van der Waals surface area contributed by atoms with E-state index in [1.54, 1.807) is 0 Å². The average Bonchev–Trinajstić information content (AvgIpc) is 2.66. The number of unbranched alkanes of at least 4 members (excludes halogenated alkanes) is 1. The van der Waals surface area contributed by atoms with Gasteiger partial charge in [0, 0.05) is 13.1 Å². The summed E-state index contributed by atoms with van der Waals surface area (Å²) in [7, 11) is -3.33. The number of aryl methyl sites for hydroxylation is 2. The Morgan fingerprint density at radius 1 is 0.931 bits per heavy atom. The third-order valence-corrected chi connectivity index (χ3v) is 6.23. The Labute approximate surface area is 174 Å². The minimum atomic E-state index is -3.33. The van der Waals surface area contributed by atoms with Crippen molar-refractivity contribution in [2.45, 2.75) is 52.0 Å². The third kappa shape index (κ3) is 7.99. The molecule has 0 aliphatic heterocycles. The van der Waals surface area contributed by atoms with E-state index in [-0.39, 0.29) is 6.42 Å². The van der Waals surface area contributed by atoms with Crippen LogP contribution < -0.4 is 0 Å². The Bertz CT molecular complexity index is 891. The molecule has 0 aliphatic rings. The van der Waals surface area contributed by atoms with E-state index >= 15 is 0 Å². The maximum Gasteiger partial charge on any atom is 0.307 e. The topological polar surface area (TPSA) is 74.7 Å². The number of sulfonamides is 1. The maximum atomic E-state index is 12.2. The first-order chi connectivity index (χ1) is 13.8. The first kappa shape index (κ1) is 23.1. The number of hydrogen-bond donors (Lipinski definition) is 1. The molecule has 0 fully saturated rings. The molecule has 0 bridgehead atoms. The molecule has 6 heteroatoms. The Balaban J connectivity index is 1.99. The quantitative estimate of drug-likeness (QED) is 0.565. The molecular formula is C23H31NO4S. The Morgan fingerprint density at radius 2 is 1.55 bits per heavy atom. The van der Waals surface area contributed by atoms with Gasteiger partial charge in [0.1, 0.15) is 0 Å². The van der Waals surface area contributed by atoms with Crippen molar-refractivity contribution in [2.75, 3.05) is 12.8 Å². The summed E-state index contributed by atoms with van der Waals surface area (Å²) >= 11 is 0. The van der Waals surface area contributed by atoms with Gasteiger partial charge in [0.15, 0.2) is 0 Å². The van der Waals surface area contributed by atoms with Crippen LogP contribution in [0.15, 0.2) is 48.5 Å². The van der Waals surface area contributed by atoms with Crippen LogP contribution in [0, 0.1) is 0 Å². The van der Waals surface area contributed by atoms with Crippen LogP contribution in [0.5, 0.6) is 0 Å². The second-order valence-corrected chi connectivity index (χ2v) is 9.44. The summed E-state index contributed by atoms with van der Waals surface area (Å²) in [5.74, 6) is -0.863. The highest BCUT2D eigenvalue weighted by Crippen LogP contribution is 2.16. The highest BCUT2D eigenvalue weighted by molar-refractivity contribution is 7.88. The normalized spacial score (nSPS) is 11.7. The average molecular weight is 418 g/mol. The molecular weight excluding hydrogens is 386 g/mol. The molecule has 29 heavy (non-hydrogen) atoms. The maximum absolute atomic E-state index is 12.2. The Morgan fingerprint density at radius 3 is 2.14 bits per heavy atom. The molecule has 0 saturated heterocycles. The molecule has 0 spiro atoms. The molecule has 0 heterocycles. The van der Waals surface area contributed by atoms with Crippen LogP contribution in [-0.2, 0) is 40.6 Å². The zero-order valence-electron chi connectivity index (χ0n) is 17.3. The molecule has 2 aromatic rings. The van der Waals surface area contributed by atoms with Gasteiger partial charge in [-0.25, -0.2) is 8.42 Å². The fourth-order valence-electron chi connectivity index (χ4n) is 3.34. The van der Waals surface area contributed by atoms with Crippen molar-refractivity contribution in [3.05, 3.63) is 70.8 Å². The molecule has 0 aliphatic carbocycles. The van der Waals surface area contributed by atoms with Gasteiger partial charge < -0.3 is 5.11 Å². The van der Waals surface area contributed by atoms with Crippen LogP contribution in [0.4, 0.5) is 0 Å².